The van der Waals surface area contributed by atoms with Crippen molar-refractivity contribution in [3.63, 3.8) is 0 Å². The molecule has 0 bridgehead atoms. The molecule has 3 unspecified atom stereocenters. The van der Waals surface area contributed by atoms with E-state index >= 15 is 0 Å². The molecule has 0 spiro atoms. The third-order valence-corrected chi connectivity index (χ3v) is 3.22. The molecule has 0 amide bonds. The quantitative estimate of drug-likeness (QED) is 0.461. The van der Waals surface area contributed by atoms with E-state index in [0.717, 1.165) is 11.8 Å². The van der Waals surface area contributed by atoms with Crippen molar-refractivity contribution in [2.24, 2.45) is 11.8 Å². The van der Waals surface area contributed by atoms with E-state index in [1.165, 1.54) is 19.3 Å². The minimum Gasteiger partial charge on any atom is -0.123 e. The number of halogens is 1. The average molecular weight is 147 g/mol. The fraction of sp³-hybridized carbons (Fsp3) is 1.00. The molecule has 0 aromatic heterocycles. The minimum absolute atomic E-state index is 0.453. The summed E-state index contributed by atoms with van der Waals surface area (Å²) in [7, 11) is 0. The van der Waals surface area contributed by atoms with Gasteiger partial charge in [-0.3, -0.25) is 0 Å². The van der Waals surface area contributed by atoms with Gasteiger partial charge in [0.1, 0.15) is 0 Å². The Morgan fingerprint density at radius 3 is 2.33 bits per heavy atom. The molecule has 0 heterocycles. The summed E-state index contributed by atoms with van der Waals surface area (Å²) in [6, 6.07) is 0. The van der Waals surface area contributed by atoms with Crippen LogP contribution in [0.5, 0.6) is 0 Å². The maximum atomic E-state index is 6.06. The van der Waals surface area contributed by atoms with Crippen molar-refractivity contribution >= 4 is 11.6 Å². The summed E-state index contributed by atoms with van der Waals surface area (Å²) in [6.45, 7) is 4.57. The lowest BCUT2D eigenvalue weighted by atomic mass is 9.81. The first-order chi connectivity index (χ1) is 4.22. The Bertz CT molecular complexity index is 80.6. The maximum absolute atomic E-state index is 6.06. The molecule has 54 valence electrons. The van der Waals surface area contributed by atoms with Crippen LogP contribution in [0.25, 0.3) is 0 Å². The van der Waals surface area contributed by atoms with Gasteiger partial charge in [0.25, 0.3) is 0 Å². The Morgan fingerprint density at radius 2 is 1.89 bits per heavy atom. The van der Waals surface area contributed by atoms with Crippen molar-refractivity contribution in [2.45, 2.75) is 38.5 Å². The predicted molar refractivity (Wildman–Crippen MR) is 41.8 cm³/mol. The Labute approximate surface area is 62.6 Å². The summed E-state index contributed by atoms with van der Waals surface area (Å²) < 4.78 is 0. The van der Waals surface area contributed by atoms with Gasteiger partial charge in [0.15, 0.2) is 0 Å². The molecule has 1 saturated carbocycles. The summed E-state index contributed by atoms with van der Waals surface area (Å²) in [4.78, 5) is 0. The molecule has 1 fully saturated rings. The van der Waals surface area contributed by atoms with Crippen LogP contribution in [-0.4, -0.2) is 5.38 Å². The van der Waals surface area contributed by atoms with Gasteiger partial charge in [0.05, 0.1) is 0 Å². The summed E-state index contributed by atoms with van der Waals surface area (Å²) in [6.07, 6.45) is 3.94. The topological polar surface area (TPSA) is 0 Å². The van der Waals surface area contributed by atoms with Crippen molar-refractivity contribution in [2.75, 3.05) is 0 Å². The van der Waals surface area contributed by atoms with E-state index in [0.29, 0.717) is 5.38 Å². The Balaban J connectivity index is 2.41. The summed E-state index contributed by atoms with van der Waals surface area (Å²) in [5, 5.41) is 0.453. The summed E-state index contributed by atoms with van der Waals surface area (Å²) in [5.41, 5.74) is 0. The monoisotopic (exact) mass is 146 g/mol. The highest BCUT2D eigenvalue weighted by atomic mass is 35.5. The SMILES string of the molecule is CC1CCCC(Cl)C1C. The fourth-order valence-electron chi connectivity index (χ4n) is 1.52. The van der Waals surface area contributed by atoms with Crippen LogP contribution in [0.3, 0.4) is 0 Å². The zero-order chi connectivity index (χ0) is 6.85. The van der Waals surface area contributed by atoms with Gasteiger partial charge in [-0.05, 0) is 18.3 Å². The van der Waals surface area contributed by atoms with Crippen LogP contribution in [0.1, 0.15) is 33.1 Å². The molecule has 0 N–H and O–H groups in total. The molecule has 1 heteroatoms. The van der Waals surface area contributed by atoms with Gasteiger partial charge in [0.2, 0.25) is 0 Å². The highest BCUT2D eigenvalue weighted by molar-refractivity contribution is 6.20. The highest BCUT2D eigenvalue weighted by Crippen LogP contribution is 2.32. The first kappa shape index (κ1) is 7.40. The van der Waals surface area contributed by atoms with Gasteiger partial charge in [-0.15, -0.1) is 11.6 Å². The van der Waals surface area contributed by atoms with Crippen LogP contribution in [-0.2, 0) is 0 Å². The van der Waals surface area contributed by atoms with Crippen LogP contribution in [0.2, 0.25) is 0 Å². The van der Waals surface area contributed by atoms with Crippen molar-refractivity contribution in [3.05, 3.63) is 0 Å². The Kier molecular flexibility index (Phi) is 2.40. The van der Waals surface area contributed by atoms with Gasteiger partial charge >= 0.3 is 0 Å². The number of hydrogen-bond donors (Lipinski definition) is 0. The van der Waals surface area contributed by atoms with E-state index in [1.54, 1.807) is 0 Å². The largest absolute Gasteiger partial charge is 0.123 e. The van der Waals surface area contributed by atoms with Gasteiger partial charge in [-0.25, -0.2) is 0 Å². The van der Waals surface area contributed by atoms with Crippen LogP contribution in [0, 0.1) is 11.8 Å². The Hall–Kier alpha value is 0.290. The van der Waals surface area contributed by atoms with Crippen molar-refractivity contribution in [3.8, 4) is 0 Å². The summed E-state index contributed by atoms with van der Waals surface area (Å²) in [5.74, 6) is 1.58. The lowest BCUT2D eigenvalue weighted by Crippen LogP contribution is -2.24. The van der Waals surface area contributed by atoms with E-state index < -0.39 is 0 Å². The molecule has 1 aliphatic rings. The molecule has 3 atom stereocenters. The molecule has 1 aliphatic carbocycles. The highest BCUT2D eigenvalue weighted by Gasteiger charge is 2.24. The van der Waals surface area contributed by atoms with Gasteiger partial charge < -0.3 is 0 Å². The van der Waals surface area contributed by atoms with Crippen molar-refractivity contribution in [1.82, 2.24) is 0 Å². The second kappa shape index (κ2) is 2.92. The average Bonchev–Trinajstić information content (AvgIpc) is 1.83. The number of alkyl halides is 1. The number of hydrogen-bond acceptors (Lipinski definition) is 0. The van der Waals surface area contributed by atoms with E-state index in [9.17, 15) is 0 Å². The maximum Gasteiger partial charge on any atom is 0.0364 e. The molecular formula is C8H15Cl. The lowest BCUT2D eigenvalue weighted by molar-refractivity contribution is 0.283. The molecule has 0 nitrogen and oxygen atoms in total. The van der Waals surface area contributed by atoms with E-state index in [1.807, 2.05) is 0 Å². The minimum atomic E-state index is 0.453. The molecule has 9 heavy (non-hydrogen) atoms. The zero-order valence-electron chi connectivity index (χ0n) is 6.23. The third-order valence-electron chi connectivity index (χ3n) is 2.61. The predicted octanol–water partition coefficient (Wildman–Crippen LogP) is 3.05. The van der Waals surface area contributed by atoms with E-state index in [2.05, 4.69) is 13.8 Å². The Morgan fingerprint density at radius 1 is 1.22 bits per heavy atom. The molecular weight excluding hydrogens is 132 g/mol. The number of rotatable bonds is 0. The first-order valence-electron chi connectivity index (χ1n) is 3.86. The molecule has 1 rings (SSSR count). The molecule has 0 radical (unpaired) electrons. The third kappa shape index (κ3) is 1.61. The van der Waals surface area contributed by atoms with Crippen LogP contribution < -0.4 is 0 Å². The van der Waals surface area contributed by atoms with Crippen LogP contribution >= 0.6 is 11.6 Å². The molecule has 0 aromatic carbocycles. The fourth-order valence-corrected chi connectivity index (χ4v) is 1.92. The van der Waals surface area contributed by atoms with Crippen molar-refractivity contribution in [1.29, 1.82) is 0 Å². The zero-order valence-corrected chi connectivity index (χ0v) is 6.99. The standard InChI is InChI=1S/C8H15Cl/c1-6-4-3-5-8(9)7(6)2/h6-8H,3-5H2,1-2H3. The van der Waals surface area contributed by atoms with Crippen molar-refractivity contribution < 1.29 is 0 Å². The smallest absolute Gasteiger partial charge is 0.0364 e. The van der Waals surface area contributed by atoms with Gasteiger partial charge in [0, 0.05) is 5.38 Å². The molecule has 0 aromatic rings. The van der Waals surface area contributed by atoms with Gasteiger partial charge in [-0.2, -0.15) is 0 Å². The van der Waals surface area contributed by atoms with E-state index in [-0.39, 0.29) is 0 Å². The molecule has 0 aliphatic heterocycles. The lowest BCUT2D eigenvalue weighted by Gasteiger charge is -2.29. The second-order valence-electron chi connectivity index (χ2n) is 3.28. The first-order valence-corrected chi connectivity index (χ1v) is 4.29. The van der Waals surface area contributed by atoms with Crippen LogP contribution in [0.4, 0.5) is 0 Å². The molecule has 0 saturated heterocycles. The normalized spacial score (nSPS) is 45.0. The van der Waals surface area contributed by atoms with Gasteiger partial charge in [-0.1, -0.05) is 26.7 Å². The summed E-state index contributed by atoms with van der Waals surface area (Å²) >= 11 is 6.06. The second-order valence-corrected chi connectivity index (χ2v) is 3.84. The van der Waals surface area contributed by atoms with E-state index in [4.69, 9.17) is 11.6 Å². The van der Waals surface area contributed by atoms with Crippen LogP contribution in [0.15, 0.2) is 0 Å².